The molecule has 0 atom stereocenters. The van der Waals surface area contributed by atoms with E-state index in [0.29, 0.717) is 5.41 Å². The fraction of sp³-hybridized carbons (Fsp3) is 0.375. The number of benzene rings is 1. The van der Waals surface area contributed by atoms with Crippen molar-refractivity contribution in [3.05, 3.63) is 36.7 Å². The highest BCUT2D eigenvalue weighted by Gasteiger charge is 2.40. The van der Waals surface area contributed by atoms with Gasteiger partial charge in [0.2, 0.25) is 5.91 Å². The summed E-state index contributed by atoms with van der Waals surface area (Å²) < 4.78 is 0. The largest absolute Gasteiger partial charge is 0.325 e. The molecule has 1 amide bonds. The van der Waals surface area contributed by atoms with Crippen LogP contribution >= 0.6 is 0 Å². The second-order valence-corrected chi connectivity index (χ2v) is 6.29. The molecular weight excluding hydrogens is 250 g/mol. The first-order valence-corrected chi connectivity index (χ1v) is 6.94. The quantitative estimate of drug-likeness (QED) is 0.896. The summed E-state index contributed by atoms with van der Waals surface area (Å²) in [5.41, 5.74) is 3.14. The molecule has 1 aromatic heterocycles. The third-order valence-electron chi connectivity index (χ3n) is 3.96. The Kier molecular flexibility index (Phi) is 3.08. The molecule has 4 heteroatoms. The van der Waals surface area contributed by atoms with Gasteiger partial charge < -0.3 is 5.32 Å². The van der Waals surface area contributed by atoms with Gasteiger partial charge in [0, 0.05) is 28.9 Å². The molecule has 1 aromatic carbocycles. The first-order valence-electron chi connectivity index (χ1n) is 6.94. The Morgan fingerprint density at radius 3 is 2.75 bits per heavy atom. The van der Waals surface area contributed by atoms with Gasteiger partial charge in [0.1, 0.15) is 0 Å². The number of anilines is 1. The van der Waals surface area contributed by atoms with E-state index in [0.717, 1.165) is 29.7 Å². The van der Waals surface area contributed by atoms with E-state index in [1.165, 1.54) is 0 Å². The number of H-pyrrole nitrogens is 1. The minimum absolute atomic E-state index is 0.125. The van der Waals surface area contributed by atoms with Crippen molar-refractivity contribution in [1.29, 1.82) is 0 Å². The van der Waals surface area contributed by atoms with Crippen molar-refractivity contribution in [2.24, 2.45) is 11.3 Å². The number of aromatic nitrogens is 2. The lowest BCUT2D eigenvalue weighted by Gasteiger charge is -2.41. The number of carbonyl (C=O) groups is 1. The Labute approximate surface area is 118 Å². The van der Waals surface area contributed by atoms with Crippen molar-refractivity contribution < 1.29 is 4.79 Å². The molecule has 2 N–H and O–H groups in total. The van der Waals surface area contributed by atoms with Gasteiger partial charge in [0.25, 0.3) is 0 Å². The second kappa shape index (κ2) is 4.78. The lowest BCUT2D eigenvalue weighted by molar-refractivity contribution is -0.126. The maximum absolute atomic E-state index is 12.3. The monoisotopic (exact) mass is 269 g/mol. The molecule has 0 bridgehead atoms. The van der Waals surface area contributed by atoms with Crippen molar-refractivity contribution in [2.75, 3.05) is 5.32 Å². The molecule has 4 nitrogen and oxygen atoms in total. The summed E-state index contributed by atoms with van der Waals surface area (Å²) in [5, 5.41) is 9.82. The molecule has 3 rings (SSSR count). The lowest BCUT2D eigenvalue weighted by atomic mass is 9.64. The van der Waals surface area contributed by atoms with Gasteiger partial charge in [-0.1, -0.05) is 32.0 Å². The fourth-order valence-corrected chi connectivity index (χ4v) is 2.94. The van der Waals surface area contributed by atoms with Gasteiger partial charge in [0.15, 0.2) is 0 Å². The summed E-state index contributed by atoms with van der Waals surface area (Å²) in [6.45, 7) is 4.41. The van der Waals surface area contributed by atoms with E-state index in [-0.39, 0.29) is 11.8 Å². The molecule has 0 unspecified atom stereocenters. The Morgan fingerprint density at radius 2 is 2.10 bits per heavy atom. The second-order valence-electron chi connectivity index (χ2n) is 6.29. The number of carbonyl (C=O) groups excluding carboxylic acids is 1. The van der Waals surface area contributed by atoms with Crippen LogP contribution < -0.4 is 5.32 Å². The van der Waals surface area contributed by atoms with Gasteiger partial charge in [-0.3, -0.25) is 9.89 Å². The van der Waals surface area contributed by atoms with E-state index >= 15 is 0 Å². The average Bonchev–Trinajstić information content (AvgIpc) is 2.90. The minimum Gasteiger partial charge on any atom is -0.325 e. The van der Waals surface area contributed by atoms with E-state index in [9.17, 15) is 4.79 Å². The summed E-state index contributed by atoms with van der Waals surface area (Å²) in [7, 11) is 0. The topological polar surface area (TPSA) is 57.8 Å². The zero-order chi connectivity index (χ0) is 14.2. The Hall–Kier alpha value is -2.10. The number of amides is 1. The van der Waals surface area contributed by atoms with Crippen molar-refractivity contribution >= 4 is 11.6 Å². The van der Waals surface area contributed by atoms with Crippen LogP contribution in [0.25, 0.3) is 11.1 Å². The molecule has 1 heterocycles. The van der Waals surface area contributed by atoms with Crippen molar-refractivity contribution in [1.82, 2.24) is 10.2 Å². The van der Waals surface area contributed by atoms with Crippen molar-refractivity contribution in [3.8, 4) is 11.1 Å². The summed E-state index contributed by atoms with van der Waals surface area (Å²) in [5.74, 6) is 0.266. The number of nitrogens with zero attached hydrogens (tertiary/aromatic N) is 1. The molecule has 20 heavy (non-hydrogen) atoms. The summed E-state index contributed by atoms with van der Waals surface area (Å²) in [4.78, 5) is 12.3. The highest BCUT2D eigenvalue weighted by molar-refractivity contribution is 5.97. The van der Waals surface area contributed by atoms with Gasteiger partial charge in [-0.15, -0.1) is 0 Å². The van der Waals surface area contributed by atoms with E-state index in [2.05, 4.69) is 29.4 Å². The number of hydrogen-bond donors (Lipinski definition) is 2. The number of hydrogen-bond acceptors (Lipinski definition) is 2. The Balaban J connectivity index is 1.77. The van der Waals surface area contributed by atoms with Crippen LogP contribution in [0.2, 0.25) is 0 Å². The van der Waals surface area contributed by atoms with Crippen LogP contribution in [0.3, 0.4) is 0 Å². The molecule has 1 aliphatic carbocycles. The van der Waals surface area contributed by atoms with Crippen LogP contribution in [0.1, 0.15) is 26.7 Å². The molecule has 1 aliphatic rings. The van der Waals surface area contributed by atoms with Crippen LogP contribution in [-0.2, 0) is 4.79 Å². The predicted molar refractivity (Wildman–Crippen MR) is 79.2 cm³/mol. The fourth-order valence-electron chi connectivity index (χ4n) is 2.94. The van der Waals surface area contributed by atoms with Crippen LogP contribution in [0.5, 0.6) is 0 Å². The molecule has 0 aliphatic heterocycles. The smallest absolute Gasteiger partial charge is 0.227 e. The zero-order valence-electron chi connectivity index (χ0n) is 11.8. The molecule has 0 radical (unpaired) electrons. The van der Waals surface area contributed by atoms with Crippen molar-refractivity contribution in [2.45, 2.75) is 26.7 Å². The standard InChI is InChI=1S/C16H19N3O/c1-16(2)7-11(8-16)15(20)19-14-6-4-3-5-13(14)12-9-17-18-10-12/h3-6,9-11H,7-8H2,1-2H3,(H,17,18)(H,19,20). The highest BCUT2D eigenvalue weighted by atomic mass is 16.1. The van der Waals surface area contributed by atoms with Gasteiger partial charge in [0.05, 0.1) is 6.20 Å². The van der Waals surface area contributed by atoms with Crippen molar-refractivity contribution in [3.63, 3.8) is 0 Å². The molecular formula is C16H19N3O. The van der Waals surface area contributed by atoms with Crippen LogP contribution in [0.4, 0.5) is 5.69 Å². The van der Waals surface area contributed by atoms with Gasteiger partial charge in [-0.05, 0) is 24.3 Å². The maximum Gasteiger partial charge on any atom is 0.227 e. The van der Waals surface area contributed by atoms with Gasteiger partial charge in [-0.25, -0.2) is 0 Å². The summed E-state index contributed by atoms with van der Waals surface area (Å²) in [6.07, 6.45) is 5.52. The van der Waals surface area contributed by atoms with Gasteiger partial charge in [-0.2, -0.15) is 5.10 Å². The summed E-state index contributed by atoms with van der Waals surface area (Å²) in [6, 6.07) is 7.82. The first kappa shape index (κ1) is 12.9. The predicted octanol–water partition coefficient (Wildman–Crippen LogP) is 3.45. The van der Waals surface area contributed by atoms with E-state index in [1.54, 1.807) is 6.20 Å². The van der Waals surface area contributed by atoms with E-state index < -0.39 is 0 Å². The number of nitrogens with one attached hydrogen (secondary N) is 2. The lowest BCUT2D eigenvalue weighted by Crippen LogP contribution is -2.39. The number of para-hydroxylation sites is 1. The molecule has 1 saturated carbocycles. The SMILES string of the molecule is CC1(C)CC(C(=O)Nc2ccccc2-c2cn[nH]c2)C1. The third-order valence-corrected chi connectivity index (χ3v) is 3.96. The normalized spacial score (nSPS) is 17.5. The Morgan fingerprint density at radius 1 is 1.35 bits per heavy atom. The molecule has 2 aromatic rings. The zero-order valence-corrected chi connectivity index (χ0v) is 11.8. The molecule has 0 spiro atoms. The summed E-state index contributed by atoms with van der Waals surface area (Å²) >= 11 is 0. The van der Waals surface area contributed by atoms with Gasteiger partial charge >= 0.3 is 0 Å². The maximum atomic E-state index is 12.3. The van der Waals surface area contributed by atoms with Crippen LogP contribution in [-0.4, -0.2) is 16.1 Å². The van der Waals surface area contributed by atoms with Crippen LogP contribution in [0.15, 0.2) is 36.7 Å². The first-order chi connectivity index (χ1) is 9.55. The van der Waals surface area contributed by atoms with E-state index in [1.807, 2.05) is 30.5 Å². The average molecular weight is 269 g/mol. The van der Waals surface area contributed by atoms with E-state index in [4.69, 9.17) is 0 Å². The highest BCUT2D eigenvalue weighted by Crippen LogP contribution is 2.45. The number of aromatic amines is 1. The number of rotatable bonds is 3. The molecule has 0 saturated heterocycles. The molecule has 104 valence electrons. The van der Waals surface area contributed by atoms with Crippen LogP contribution in [0, 0.1) is 11.3 Å². The third kappa shape index (κ3) is 2.46. The molecule has 1 fully saturated rings. The minimum atomic E-state index is 0.125. The Bertz CT molecular complexity index is 608.